The first-order valence-corrected chi connectivity index (χ1v) is 6.66. The van der Waals surface area contributed by atoms with E-state index in [4.69, 9.17) is 11.3 Å². The van der Waals surface area contributed by atoms with Gasteiger partial charge in [0, 0.05) is 26.1 Å². The number of nitrogens with zero attached hydrogens (tertiary/aromatic N) is 2. The van der Waals surface area contributed by atoms with Gasteiger partial charge in [-0.3, -0.25) is 4.79 Å². The van der Waals surface area contributed by atoms with Crippen LogP contribution in [0.25, 0.3) is 10.1 Å². The third-order valence-corrected chi connectivity index (χ3v) is 4.39. The molecule has 0 aliphatic heterocycles. The summed E-state index contributed by atoms with van der Waals surface area (Å²) < 4.78 is 0.882. The van der Waals surface area contributed by atoms with Gasteiger partial charge in [-0.2, -0.15) is 5.53 Å². The Kier molecular flexibility index (Phi) is 3.71. The maximum atomic E-state index is 12.2. The topological polar surface area (TPSA) is 91.7 Å². The molecule has 0 fully saturated rings. The molecule has 0 saturated heterocycles. The zero-order valence-corrected chi connectivity index (χ0v) is 11.5. The van der Waals surface area contributed by atoms with Gasteiger partial charge in [-0.15, -0.1) is 16.4 Å². The molecule has 0 atom stereocenters. The molecule has 19 heavy (non-hydrogen) atoms. The Balaban J connectivity index is 2.73. The van der Waals surface area contributed by atoms with Gasteiger partial charge in [-0.25, -0.2) is 0 Å². The van der Waals surface area contributed by atoms with Gasteiger partial charge in [0.25, 0.3) is 0 Å². The Hall–Kier alpha value is -2.08. The number of hydrogen-bond donors (Lipinski definition) is 2. The van der Waals surface area contributed by atoms with Crippen LogP contribution in [-0.4, -0.2) is 5.84 Å². The third-order valence-electron chi connectivity index (χ3n) is 2.99. The van der Waals surface area contributed by atoms with Crippen LogP contribution in [0.2, 0.25) is 0 Å². The molecule has 0 unspecified atom stereocenters. The highest BCUT2D eigenvalue weighted by Crippen LogP contribution is 2.23. The van der Waals surface area contributed by atoms with Crippen LogP contribution in [0, 0.1) is 12.5 Å². The second-order valence-electron chi connectivity index (χ2n) is 4.13. The van der Waals surface area contributed by atoms with E-state index in [1.165, 1.54) is 0 Å². The average Bonchev–Trinajstić information content (AvgIpc) is 2.42. The molecule has 3 N–H and O–H groups in total. The molecule has 5 nitrogen and oxygen atoms in total. The normalized spacial score (nSPS) is 11.8. The van der Waals surface area contributed by atoms with Crippen molar-refractivity contribution in [2.75, 3.05) is 0 Å². The molecule has 0 bridgehead atoms. The van der Waals surface area contributed by atoms with Gasteiger partial charge >= 0.3 is 0 Å². The van der Waals surface area contributed by atoms with E-state index in [1.54, 1.807) is 23.5 Å². The van der Waals surface area contributed by atoms with Crippen LogP contribution >= 0.6 is 11.3 Å². The zero-order chi connectivity index (χ0) is 14.0. The molecule has 0 aliphatic rings. The van der Waals surface area contributed by atoms with Crippen molar-refractivity contribution in [1.82, 2.24) is 0 Å². The average molecular weight is 274 g/mol. The van der Waals surface area contributed by atoms with Crippen molar-refractivity contribution in [2.45, 2.75) is 20.3 Å². The Morgan fingerprint density at radius 1 is 1.47 bits per heavy atom. The molecule has 0 aliphatic carbocycles. The number of hydrogen-bond acceptors (Lipinski definition) is 4. The minimum absolute atomic E-state index is 0.0674. The summed E-state index contributed by atoms with van der Waals surface area (Å²) in [5.41, 5.74) is 13.9. The summed E-state index contributed by atoms with van der Waals surface area (Å²) in [4.78, 5) is 13.3. The Morgan fingerprint density at radius 2 is 2.21 bits per heavy atom. The molecule has 0 amide bonds. The molecule has 2 rings (SSSR count). The lowest BCUT2D eigenvalue weighted by molar-refractivity contribution is 0.986. The predicted molar refractivity (Wildman–Crippen MR) is 78.1 cm³/mol. The first-order chi connectivity index (χ1) is 9.08. The Bertz CT molecular complexity index is 733. The van der Waals surface area contributed by atoms with Crippen LogP contribution in [-0.2, 0) is 6.42 Å². The maximum Gasteiger partial charge on any atom is 0.191 e. The highest BCUT2D eigenvalue weighted by atomic mass is 32.1. The van der Waals surface area contributed by atoms with E-state index in [1.807, 2.05) is 19.9 Å². The van der Waals surface area contributed by atoms with E-state index in [2.05, 4.69) is 10.3 Å². The summed E-state index contributed by atoms with van der Waals surface area (Å²) in [7, 11) is 0. The minimum Gasteiger partial charge on any atom is -0.382 e. The van der Waals surface area contributed by atoms with E-state index in [0.29, 0.717) is 10.9 Å². The number of nitrogens with one attached hydrogen (secondary N) is 1. The molecule has 1 heterocycles. The fraction of sp³-hybridized carbons (Fsp3) is 0.231. The molecular weight excluding hydrogens is 260 g/mol. The number of aryl methyl sites for hydroxylation is 1. The lowest BCUT2D eigenvalue weighted by Gasteiger charge is -2.06. The Morgan fingerprint density at radius 3 is 2.84 bits per heavy atom. The molecule has 6 heteroatoms. The summed E-state index contributed by atoms with van der Waals surface area (Å²) in [6, 6.07) is 5.30. The van der Waals surface area contributed by atoms with Crippen molar-refractivity contribution in [3.05, 3.63) is 44.4 Å². The quantitative estimate of drug-likeness (QED) is 0.390. The van der Waals surface area contributed by atoms with Gasteiger partial charge < -0.3 is 5.73 Å². The van der Waals surface area contributed by atoms with E-state index >= 15 is 0 Å². The summed E-state index contributed by atoms with van der Waals surface area (Å²) in [5.74, 6) is 0.176. The molecular formula is C13H14N4OS. The van der Waals surface area contributed by atoms with E-state index < -0.39 is 0 Å². The zero-order valence-electron chi connectivity index (χ0n) is 10.7. The monoisotopic (exact) mass is 274 g/mol. The van der Waals surface area contributed by atoms with E-state index in [-0.39, 0.29) is 11.3 Å². The largest absolute Gasteiger partial charge is 0.382 e. The van der Waals surface area contributed by atoms with Crippen molar-refractivity contribution in [3.63, 3.8) is 0 Å². The molecule has 1 aromatic carbocycles. The molecule has 0 radical (unpaired) electrons. The first-order valence-electron chi connectivity index (χ1n) is 5.85. The van der Waals surface area contributed by atoms with Gasteiger partial charge in [0.1, 0.15) is 0 Å². The van der Waals surface area contributed by atoms with Crippen LogP contribution in [0.1, 0.15) is 22.9 Å². The van der Waals surface area contributed by atoms with Crippen LogP contribution in [0.4, 0.5) is 0 Å². The van der Waals surface area contributed by atoms with Crippen LogP contribution in [0.5, 0.6) is 0 Å². The number of nitrogens with two attached hydrogens (primary N) is 1. The van der Waals surface area contributed by atoms with Gasteiger partial charge in [0.15, 0.2) is 11.3 Å². The molecule has 0 spiro atoms. The molecule has 98 valence electrons. The Labute approximate surface area is 114 Å². The van der Waals surface area contributed by atoms with Crippen LogP contribution < -0.4 is 11.2 Å². The molecule has 0 saturated carbocycles. The van der Waals surface area contributed by atoms with Crippen molar-refractivity contribution in [1.29, 1.82) is 5.53 Å². The van der Waals surface area contributed by atoms with Crippen molar-refractivity contribution in [2.24, 2.45) is 16.1 Å². The lowest BCUT2D eigenvalue weighted by atomic mass is 10.1. The fourth-order valence-electron chi connectivity index (χ4n) is 1.94. The second kappa shape index (κ2) is 5.27. The van der Waals surface area contributed by atoms with Gasteiger partial charge in [0.05, 0.1) is 0 Å². The van der Waals surface area contributed by atoms with Crippen molar-refractivity contribution in [3.8, 4) is 0 Å². The summed E-state index contributed by atoms with van der Waals surface area (Å²) in [6.45, 7) is 3.89. The predicted octanol–water partition coefficient (Wildman–Crippen LogP) is 2.78. The highest BCUT2D eigenvalue weighted by molar-refractivity contribution is 7.18. The maximum absolute atomic E-state index is 12.2. The number of benzene rings is 1. The first kappa shape index (κ1) is 13.4. The van der Waals surface area contributed by atoms with Crippen LogP contribution in [0.15, 0.2) is 33.3 Å². The van der Waals surface area contributed by atoms with E-state index in [0.717, 1.165) is 21.6 Å². The SMILES string of the molecule is CCc1sc2cc(C(N)=NN=N)ccc2c(=O)c1C. The number of rotatable bonds is 3. The van der Waals surface area contributed by atoms with Gasteiger partial charge in [-0.05, 0) is 25.5 Å². The standard InChI is InChI=1S/C13H14N4OS/c1-3-10-7(2)12(18)9-5-4-8(6-11(9)19-10)13(14)16-17-15/h4-6H,3H2,1-2H3,(H3,14,15,16). The second-order valence-corrected chi connectivity index (χ2v) is 5.27. The molecule has 1 aromatic heterocycles. The summed E-state index contributed by atoms with van der Waals surface area (Å²) in [5, 5.41) is 7.10. The van der Waals surface area contributed by atoms with Crippen LogP contribution in [0.3, 0.4) is 0 Å². The van der Waals surface area contributed by atoms with Gasteiger partial charge in [-0.1, -0.05) is 18.2 Å². The minimum atomic E-state index is 0.0674. The summed E-state index contributed by atoms with van der Waals surface area (Å²) >= 11 is 1.59. The summed E-state index contributed by atoms with van der Waals surface area (Å²) in [6.07, 6.45) is 0.831. The smallest absolute Gasteiger partial charge is 0.191 e. The lowest BCUT2D eigenvalue weighted by Crippen LogP contribution is -2.13. The number of fused-ring (bicyclic) bond motifs is 1. The van der Waals surface area contributed by atoms with E-state index in [9.17, 15) is 4.79 Å². The van der Waals surface area contributed by atoms with Crippen molar-refractivity contribution < 1.29 is 0 Å². The number of amidine groups is 1. The molecule has 2 aromatic rings. The third kappa shape index (κ3) is 2.39. The van der Waals surface area contributed by atoms with Gasteiger partial charge in [0.2, 0.25) is 0 Å². The fourth-order valence-corrected chi connectivity index (χ4v) is 3.05. The highest BCUT2D eigenvalue weighted by Gasteiger charge is 2.09. The van der Waals surface area contributed by atoms with Crippen molar-refractivity contribution >= 4 is 27.3 Å².